The van der Waals surface area contributed by atoms with Crippen LogP contribution in [-0.4, -0.2) is 49.9 Å². The lowest BCUT2D eigenvalue weighted by Gasteiger charge is -2.30. The number of amides is 1. The number of aromatic hydroxyl groups is 1. The first-order chi connectivity index (χ1) is 14.2. The molecule has 1 aliphatic rings. The van der Waals surface area contributed by atoms with E-state index in [0.29, 0.717) is 12.8 Å². The summed E-state index contributed by atoms with van der Waals surface area (Å²) in [6.07, 6.45) is 0.711. The fraction of sp³-hybridized carbons (Fsp3) is 0.333. The molecule has 2 aromatic carbocycles. The molecule has 0 saturated carbocycles. The minimum Gasteiger partial charge on any atom is -0.505 e. The molecule has 160 valence electrons. The molecular weight excluding hydrogens is 408 g/mol. The minimum absolute atomic E-state index is 0.0469. The van der Waals surface area contributed by atoms with E-state index in [1.807, 2.05) is 6.92 Å². The van der Waals surface area contributed by atoms with Crippen molar-refractivity contribution in [3.05, 3.63) is 53.6 Å². The standard InChI is InChI=1S/C21H24N2O6S/c1-14-6-8-16(9-7-14)30(27,28)23-12-10-15(11-13-23)20(25)22-18-5-3-4-17(19(18)24)21(26)29-2/h3-9,15,24H,10-13H2,1-2H3,(H,22,25). The van der Waals surface area contributed by atoms with Crippen LogP contribution < -0.4 is 5.32 Å². The first kappa shape index (κ1) is 21.8. The third-order valence-electron chi connectivity index (χ3n) is 5.18. The Hall–Kier alpha value is -2.91. The number of nitrogens with zero attached hydrogens (tertiary/aromatic N) is 1. The number of piperidine rings is 1. The zero-order chi connectivity index (χ0) is 21.9. The molecular formula is C21H24N2O6S. The summed E-state index contributed by atoms with van der Waals surface area (Å²) in [7, 11) is -2.40. The number of phenols is 1. The highest BCUT2D eigenvalue weighted by atomic mass is 32.2. The van der Waals surface area contributed by atoms with E-state index in [1.54, 1.807) is 24.3 Å². The molecule has 3 rings (SSSR count). The van der Waals surface area contributed by atoms with Crippen LogP contribution in [0, 0.1) is 12.8 Å². The molecule has 30 heavy (non-hydrogen) atoms. The molecule has 8 nitrogen and oxygen atoms in total. The predicted octanol–water partition coefficient (Wildman–Crippen LogP) is 2.53. The lowest BCUT2D eigenvalue weighted by molar-refractivity contribution is -0.120. The third-order valence-corrected chi connectivity index (χ3v) is 7.10. The lowest BCUT2D eigenvalue weighted by atomic mass is 9.97. The molecule has 9 heteroatoms. The zero-order valence-corrected chi connectivity index (χ0v) is 17.6. The Bertz CT molecular complexity index is 1040. The maximum Gasteiger partial charge on any atom is 0.341 e. The van der Waals surface area contributed by atoms with Gasteiger partial charge in [-0.3, -0.25) is 4.79 Å². The quantitative estimate of drug-likeness (QED) is 0.555. The number of hydrogen-bond donors (Lipinski definition) is 2. The van der Waals surface area contributed by atoms with Crippen LogP contribution in [0.25, 0.3) is 0 Å². The first-order valence-electron chi connectivity index (χ1n) is 9.52. The highest BCUT2D eigenvalue weighted by Gasteiger charge is 2.32. The molecule has 1 heterocycles. The van der Waals surface area contributed by atoms with Gasteiger partial charge in [0.2, 0.25) is 15.9 Å². The van der Waals surface area contributed by atoms with Crippen LogP contribution in [0.1, 0.15) is 28.8 Å². The number of aryl methyl sites for hydroxylation is 1. The number of methoxy groups -OCH3 is 1. The lowest BCUT2D eigenvalue weighted by Crippen LogP contribution is -2.41. The molecule has 1 fully saturated rings. The van der Waals surface area contributed by atoms with Gasteiger partial charge < -0.3 is 15.2 Å². The summed E-state index contributed by atoms with van der Waals surface area (Å²) in [6.45, 7) is 2.34. The average Bonchev–Trinajstić information content (AvgIpc) is 2.75. The number of carbonyl (C=O) groups excluding carboxylic acids is 2. The maximum atomic E-state index is 12.8. The van der Waals surface area contributed by atoms with Gasteiger partial charge in [0.15, 0.2) is 5.75 Å². The summed E-state index contributed by atoms with van der Waals surface area (Å²) in [4.78, 5) is 24.5. The second kappa shape index (κ2) is 8.85. The van der Waals surface area contributed by atoms with E-state index in [0.717, 1.165) is 5.56 Å². The number of ether oxygens (including phenoxy) is 1. The molecule has 0 spiro atoms. The number of hydrogen-bond acceptors (Lipinski definition) is 6. The van der Waals surface area contributed by atoms with Crippen molar-refractivity contribution in [2.75, 3.05) is 25.5 Å². The number of para-hydroxylation sites is 1. The Morgan fingerprint density at radius 1 is 1.10 bits per heavy atom. The summed E-state index contributed by atoms with van der Waals surface area (Å²) >= 11 is 0. The van der Waals surface area contributed by atoms with Crippen molar-refractivity contribution in [2.45, 2.75) is 24.7 Å². The predicted molar refractivity (Wildman–Crippen MR) is 111 cm³/mol. The molecule has 2 aromatic rings. The highest BCUT2D eigenvalue weighted by molar-refractivity contribution is 7.89. The molecule has 1 amide bonds. The summed E-state index contributed by atoms with van der Waals surface area (Å²) < 4.78 is 31.6. The summed E-state index contributed by atoms with van der Waals surface area (Å²) in [5.74, 6) is -1.81. The van der Waals surface area contributed by atoms with E-state index >= 15 is 0 Å². The van der Waals surface area contributed by atoms with Crippen LogP contribution in [0.5, 0.6) is 5.75 Å². The van der Waals surface area contributed by atoms with Crippen molar-refractivity contribution in [2.24, 2.45) is 5.92 Å². The van der Waals surface area contributed by atoms with Gasteiger partial charge in [0.05, 0.1) is 17.7 Å². The molecule has 0 aromatic heterocycles. The van der Waals surface area contributed by atoms with Gasteiger partial charge in [-0.2, -0.15) is 4.31 Å². The molecule has 0 bridgehead atoms. The van der Waals surface area contributed by atoms with Crippen LogP contribution in [0.4, 0.5) is 5.69 Å². The Morgan fingerprint density at radius 2 is 1.73 bits per heavy atom. The molecule has 1 aliphatic heterocycles. The van der Waals surface area contributed by atoms with Crippen molar-refractivity contribution in [3.8, 4) is 5.75 Å². The molecule has 0 aliphatic carbocycles. The van der Waals surface area contributed by atoms with Gasteiger partial charge >= 0.3 is 5.97 Å². The van der Waals surface area contributed by atoms with E-state index < -0.39 is 21.9 Å². The van der Waals surface area contributed by atoms with Gasteiger partial charge in [-0.15, -0.1) is 0 Å². The zero-order valence-electron chi connectivity index (χ0n) is 16.8. The summed E-state index contributed by atoms with van der Waals surface area (Å²) in [6, 6.07) is 11.1. The minimum atomic E-state index is -3.60. The van der Waals surface area contributed by atoms with Crippen LogP contribution in [0.15, 0.2) is 47.4 Å². The van der Waals surface area contributed by atoms with Crippen LogP contribution in [0.2, 0.25) is 0 Å². The SMILES string of the molecule is COC(=O)c1cccc(NC(=O)C2CCN(S(=O)(=O)c3ccc(C)cc3)CC2)c1O. The van der Waals surface area contributed by atoms with E-state index in [9.17, 15) is 23.1 Å². The van der Waals surface area contributed by atoms with E-state index in [2.05, 4.69) is 10.1 Å². The summed E-state index contributed by atoms with van der Waals surface area (Å²) in [5, 5.41) is 12.9. The number of carbonyl (C=O) groups is 2. The van der Waals surface area contributed by atoms with Gasteiger partial charge in [0.25, 0.3) is 0 Å². The van der Waals surface area contributed by atoms with Crippen LogP contribution in [-0.2, 0) is 19.6 Å². The fourth-order valence-corrected chi connectivity index (χ4v) is 4.84. The second-order valence-corrected chi connectivity index (χ2v) is 9.11. The van der Waals surface area contributed by atoms with E-state index in [-0.39, 0.29) is 40.9 Å². The second-order valence-electron chi connectivity index (χ2n) is 7.17. The number of esters is 1. The largest absolute Gasteiger partial charge is 0.505 e. The summed E-state index contributed by atoms with van der Waals surface area (Å²) in [5.41, 5.74) is 1.04. The van der Waals surface area contributed by atoms with Gasteiger partial charge in [-0.25, -0.2) is 13.2 Å². The van der Waals surface area contributed by atoms with E-state index in [1.165, 1.54) is 29.6 Å². The van der Waals surface area contributed by atoms with Crippen molar-refractivity contribution in [3.63, 3.8) is 0 Å². The van der Waals surface area contributed by atoms with Gasteiger partial charge in [0, 0.05) is 19.0 Å². The van der Waals surface area contributed by atoms with Crippen molar-refractivity contribution >= 4 is 27.6 Å². The Labute approximate surface area is 175 Å². The maximum absolute atomic E-state index is 12.8. The third kappa shape index (κ3) is 4.47. The number of nitrogens with one attached hydrogen (secondary N) is 1. The number of anilines is 1. The average molecular weight is 432 g/mol. The topological polar surface area (TPSA) is 113 Å². The van der Waals surface area contributed by atoms with Crippen molar-refractivity contribution in [1.82, 2.24) is 4.31 Å². The van der Waals surface area contributed by atoms with Crippen molar-refractivity contribution < 1.29 is 27.9 Å². The van der Waals surface area contributed by atoms with Crippen LogP contribution in [0.3, 0.4) is 0 Å². The molecule has 1 saturated heterocycles. The Kier molecular flexibility index (Phi) is 6.42. The van der Waals surface area contributed by atoms with Crippen LogP contribution >= 0.6 is 0 Å². The first-order valence-corrected chi connectivity index (χ1v) is 11.0. The highest BCUT2D eigenvalue weighted by Crippen LogP contribution is 2.30. The Morgan fingerprint density at radius 3 is 2.33 bits per heavy atom. The number of benzene rings is 2. The number of rotatable bonds is 5. The molecule has 2 N–H and O–H groups in total. The smallest absolute Gasteiger partial charge is 0.341 e. The number of sulfonamides is 1. The number of phenolic OH excluding ortho intramolecular Hbond substituents is 1. The van der Waals surface area contributed by atoms with E-state index in [4.69, 9.17) is 0 Å². The molecule has 0 atom stereocenters. The van der Waals surface area contributed by atoms with Gasteiger partial charge in [-0.1, -0.05) is 23.8 Å². The Balaban J connectivity index is 1.65. The fourth-order valence-electron chi connectivity index (χ4n) is 3.37. The molecule has 0 unspecified atom stereocenters. The van der Waals surface area contributed by atoms with Gasteiger partial charge in [0.1, 0.15) is 5.56 Å². The van der Waals surface area contributed by atoms with Gasteiger partial charge in [-0.05, 0) is 44.0 Å². The molecule has 0 radical (unpaired) electrons. The monoisotopic (exact) mass is 432 g/mol. The normalized spacial score (nSPS) is 15.5. The van der Waals surface area contributed by atoms with Crippen molar-refractivity contribution in [1.29, 1.82) is 0 Å².